The third kappa shape index (κ3) is 3.31. The summed E-state index contributed by atoms with van der Waals surface area (Å²) in [4.78, 5) is 1.69. The first-order chi connectivity index (χ1) is 8.56. The number of halogens is 1. The molecular weight excluding hydrogens is 328 g/mol. The number of aryl methyl sites for hydroxylation is 1. The van der Waals surface area contributed by atoms with E-state index in [9.17, 15) is 0 Å². The molecular formula is C13H13BrN2S2. The van der Waals surface area contributed by atoms with Gasteiger partial charge < -0.3 is 11.1 Å². The average Bonchev–Trinajstić information content (AvgIpc) is 2.73. The van der Waals surface area contributed by atoms with E-state index in [0.29, 0.717) is 4.99 Å². The van der Waals surface area contributed by atoms with Gasteiger partial charge in [-0.3, -0.25) is 0 Å². The van der Waals surface area contributed by atoms with Crippen LogP contribution in [0.5, 0.6) is 0 Å². The average molecular weight is 341 g/mol. The molecule has 0 fully saturated rings. The zero-order valence-corrected chi connectivity index (χ0v) is 13.1. The van der Waals surface area contributed by atoms with E-state index in [1.807, 2.05) is 25.1 Å². The lowest BCUT2D eigenvalue weighted by Crippen LogP contribution is -2.13. The van der Waals surface area contributed by atoms with E-state index in [-0.39, 0.29) is 0 Å². The Labute approximate surface area is 124 Å². The van der Waals surface area contributed by atoms with Crippen LogP contribution in [0.25, 0.3) is 0 Å². The van der Waals surface area contributed by atoms with Crippen molar-refractivity contribution in [1.82, 2.24) is 0 Å². The van der Waals surface area contributed by atoms with Crippen molar-refractivity contribution in [3.05, 3.63) is 50.1 Å². The standard InChI is InChI=1S/C13H13BrN2S2/c1-8-2-4-11(10(6-8)13(15)17)16-7-9-3-5-12(14)18-9/h2-6,16H,7H2,1H3,(H2,15,17). The monoisotopic (exact) mass is 340 g/mol. The smallest absolute Gasteiger partial charge is 0.106 e. The maximum atomic E-state index is 5.74. The minimum absolute atomic E-state index is 0.425. The molecule has 94 valence electrons. The maximum Gasteiger partial charge on any atom is 0.106 e. The van der Waals surface area contributed by atoms with E-state index >= 15 is 0 Å². The molecule has 2 aromatic rings. The molecule has 1 aromatic heterocycles. The van der Waals surface area contributed by atoms with Crippen molar-refractivity contribution < 1.29 is 0 Å². The number of rotatable bonds is 4. The van der Waals surface area contributed by atoms with Gasteiger partial charge in [-0.05, 0) is 47.1 Å². The quantitative estimate of drug-likeness (QED) is 0.824. The van der Waals surface area contributed by atoms with E-state index < -0.39 is 0 Å². The highest BCUT2D eigenvalue weighted by Gasteiger charge is 2.06. The van der Waals surface area contributed by atoms with E-state index in [4.69, 9.17) is 18.0 Å². The molecule has 0 aliphatic heterocycles. The first-order valence-corrected chi connectivity index (χ1v) is 7.46. The highest BCUT2D eigenvalue weighted by molar-refractivity contribution is 9.11. The number of hydrogen-bond acceptors (Lipinski definition) is 3. The summed E-state index contributed by atoms with van der Waals surface area (Å²) in [6.45, 7) is 2.80. The Kier molecular flexibility index (Phi) is 4.37. The minimum atomic E-state index is 0.425. The van der Waals surface area contributed by atoms with Gasteiger partial charge in [-0.2, -0.15) is 0 Å². The minimum Gasteiger partial charge on any atom is -0.389 e. The molecule has 0 aliphatic carbocycles. The van der Waals surface area contributed by atoms with Crippen LogP contribution in [0.4, 0.5) is 5.69 Å². The molecule has 0 atom stereocenters. The summed E-state index contributed by atoms with van der Waals surface area (Å²) in [5.74, 6) is 0. The lowest BCUT2D eigenvalue weighted by molar-refractivity contribution is 1.19. The molecule has 0 saturated heterocycles. The van der Waals surface area contributed by atoms with Gasteiger partial charge in [-0.15, -0.1) is 11.3 Å². The van der Waals surface area contributed by atoms with Gasteiger partial charge in [0.1, 0.15) is 4.99 Å². The van der Waals surface area contributed by atoms with Crippen molar-refractivity contribution in [2.75, 3.05) is 5.32 Å². The lowest BCUT2D eigenvalue weighted by atomic mass is 10.1. The van der Waals surface area contributed by atoms with Gasteiger partial charge >= 0.3 is 0 Å². The molecule has 0 saturated carbocycles. The summed E-state index contributed by atoms with van der Waals surface area (Å²) in [6, 6.07) is 10.2. The van der Waals surface area contributed by atoms with Crippen LogP contribution in [0.2, 0.25) is 0 Å². The predicted octanol–water partition coefficient (Wildman–Crippen LogP) is 4.07. The van der Waals surface area contributed by atoms with Crippen molar-refractivity contribution >= 4 is 50.2 Å². The summed E-state index contributed by atoms with van der Waals surface area (Å²) >= 11 is 10.2. The fraction of sp³-hybridized carbons (Fsp3) is 0.154. The van der Waals surface area contributed by atoms with Crippen molar-refractivity contribution in [2.24, 2.45) is 5.73 Å². The Morgan fingerprint density at radius 2 is 2.17 bits per heavy atom. The van der Waals surface area contributed by atoms with Crippen LogP contribution in [0.3, 0.4) is 0 Å². The fourth-order valence-electron chi connectivity index (χ4n) is 1.65. The molecule has 1 heterocycles. The molecule has 0 aliphatic rings. The lowest BCUT2D eigenvalue weighted by Gasteiger charge is -2.11. The van der Waals surface area contributed by atoms with Crippen LogP contribution < -0.4 is 11.1 Å². The van der Waals surface area contributed by atoms with Gasteiger partial charge in [0.05, 0.1) is 3.79 Å². The van der Waals surface area contributed by atoms with Gasteiger partial charge in [0.2, 0.25) is 0 Å². The molecule has 0 radical (unpaired) electrons. The number of anilines is 1. The number of benzene rings is 1. The molecule has 2 nitrogen and oxygen atoms in total. The number of hydrogen-bond donors (Lipinski definition) is 2. The first-order valence-electron chi connectivity index (χ1n) is 5.45. The molecule has 0 bridgehead atoms. The van der Waals surface area contributed by atoms with Crippen LogP contribution in [0.1, 0.15) is 16.0 Å². The summed E-state index contributed by atoms with van der Waals surface area (Å²) < 4.78 is 1.14. The third-order valence-corrected chi connectivity index (χ3v) is 4.37. The molecule has 1 aromatic carbocycles. The highest BCUT2D eigenvalue weighted by atomic mass is 79.9. The predicted molar refractivity (Wildman–Crippen MR) is 86.4 cm³/mol. The molecule has 0 spiro atoms. The second-order valence-corrected chi connectivity index (χ2v) is 6.96. The molecule has 18 heavy (non-hydrogen) atoms. The van der Waals surface area contributed by atoms with Crippen molar-refractivity contribution in [2.45, 2.75) is 13.5 Å². The maximum absolute atomic E-state index is 5.74. The van der Waals surface area contributed by atoms with Crippen LogP contribution in [-0.2, 0) is 6.54 Å². The second kappa shape index (κ2) is 5.82. The van der Waals surface area contributed by atoms with E-state index in [2.05, 4.69) is 33.4 Å². The Morgan fingerprint density at radius 1 is 1.39 bits per heavy atom. The van der Waals surface area contributed by atoms with Crippen molar-refractivity contribution in [3.63, 3.8) is 0 Å². The fourth-order valence-corrected chi connectivity index (χ4v) is 3.24. The molecule has 0 unspecified atom stereocenters. The van der Waals surface area contributed by atoms with Crippen molar-refractivity contribution in [3.8, 4) is 0 Å². The Balaban J connectivity index is 2.16. The molecule has 3 N–H and O–H groups in total. The normalized spacial score (nSPS) is 10.3. The van der Waals surface area contributed by atoms with Crippen LogP contribution in [0, 0.1) is 6.92 Å². The summed E-state index contributed by atoms with van der Waals surface area (Å²) in [5.41, 5.74) is 8.79. The summed E-state index contributed by atoms with van der Waals surface area (Å²) in [7, 11) is 0. The Bertz CT molecular complexity index is 578. The van der Waals surface area contributed by atoms with Crippen LogP contribution >= 0.6 is 39.5 Å². The van der Waals surface area contributed by atoms with Crippen LogP contribution in [0.15, 0.2) is 34.1 Å². The van der Waals surface area contributed by atoms with E-state index in [1.165, 1.54) is 4.88 Å². The number of nitrogens with two attached hydrogens (primary N) is 1. The summed E-state index contributed by atoms with van der Waals surface area (Å²) in [5, 5.41) is 3.37. The van der Waals surface area contributed by atoms with Gasteiger partial charge in [0.25, 0.3) is 0 Å². The molecule has 5 heteroatoms. The van der Waals surface area contributed by atoms with Crippen LogP contribution in [-0.4, -0.2) is 4.99 Å². The SMILES string of the molecule is Cc1ccc(NCc2ccc(Br)s2)c(C(N)=S)c1. The topological polar surface area (TPSA) is 38.0 Å². The van der Waals surface area contributed by atoms with Crippen molar-refractivity contribution in [1.29, 1.82) is 0 Å². The van der Waals surface area contributed by atoms with Gasteiger partial charge in [0.15, 0.2) is 0 Å². The second-order valence-electron chi connectivity index (χ2n) is 3.97. The first kappa shape index (κ1) is 13.5. The zero-order chi connectivity index (χ0) is 13.1. The molecule has 0 amide bonds. The third-order valence-electron chi connectivity index (χ3n) is 2.52. The van der Waals surface area contributed by atoms with E-state index in [0.717, 1.165) is 27.1 Å². The van der Waals surface area contributed by atoms with Gasteiger partial charge in [-0.25, -0.2) is 0 Å². The Hall–Kier alpha value is -0.910. The number of thiocarbonyl (C=S) groups is 1. The highest BCUT2D eigenvalue weighted by Crippen LogP contribution is 2.24. The molecule has 2 rings (SSSR count). The van der Waals surface area contributed by atoms with Gasteiger partial charge in [-0.1, -0.05) is 23.8 Å². The van der Waals surface area contributed by atoms with E-state index in [1.54, 1.807) is 11.3 Å². The summed E-state index contributed by atoms with van der Waals surface area (Å²) in [6.07, 6.45) is 0. The number of thiophene rings is 1. The Morgan fingerprint density at radius 3 is 2.78 bits per heavy atom. The number of nitrogens with one attached hydrogen (secondary N) is 1. The zero-order valence-electron chi connectivity index (χ0n) is 9.87. The van der Waals surface area contributed by atoms with Gasteiger partial charge in [0, 0.05) is 22.7 Å². The largest absolute Gasteiger partial charge is 0.389 e.